The highest BCUT2D eigenvalue weighted by Gasteiger charge is 2.13. The van der Waals surface area contributed by atoms with Crippen molar-refractivity contribution in [2.24, 2.45) is 0 Å². The molecule has 0 aliphatic carbocycles. The molecule has 3 rings (SSSR count). The number of amides is 1. The van der Waals surface area contributed by atoms with Gasteiger partial charge in [-0.25, -0.2) is 4.39 Å². The summed E-state index contributed by atoms with van der Waals surface area (Å²) in [5.74, 6) is -0.184. The zero-order valence-corrected chi connectivity index (χ0v) is 20.9. The summed E-state index contributed by atoms with van der Waals surface area (Å²) in [5.41, 5.74) is 1.87. The Morgan fingerprint density at radius 2 is 1.84 bits per heavy atom. The number of hydrogen-bond donors (Lipinski definition) is 1. The van der Waals surface area contributed by atoms with Gasteiger partial charge in [-0.05, 0) is 105 Å². The predicted molar refractivity (Wildman–Crippen MR) is 136 cm³/mol. The molecule has 0 spiro atoms. The van der Waals surface area contributed by atoms with Crippen LogP contribution < -0.4 is 10.1 Å². The highest BCUT2D eigenvalue weighted by Crippen LogP contribution is 2.30. The van der Waals surface area contributed by atoms with Gasteiger partial charge in [0.25, 0.3) is 5.91 Å². The van der Waals surface area contributed by atoms with Crippen LogP contribution in [0.2, 0.25) is 5.02 Å². The maximum atomic E-state index is 13.4. The van der Waals surface area contributed by atoms with Gasteiger partial charge in [0.1, 0.15) is 29.8 Å². The van der Waals surface area contributed by atoms with Crippen molar-refractivity contribution in [2.75, 3.05) is 5.32 Å². The van der Waals surface area contributed by atoms with E-state index >= 15 is 0 Å². The number of carbonyl (C=O) groups is 1. The lowest BCUT2D eigenvalue weighted by atomic mass is 10.1. The minimum atomic E-state index is -0.527. The second-order valence-corrected chi connectivity index (χ2v) is 9.13. The molecule has 156 valence electrons. The molecule has 0 fully saturated rings. The van der Waals surface area contributed by atoms with Crippen LogP contribution in [0.5, 0.6) is 5.75 Å². The van der Waals surface area contributed by atoms with Gasteiger partial charge in [-0.2, -0.15) is 5.26 Å². The molecular formula is C23H14ClFI2N2O2. The Morgan fingerprint density at radius 3 is 2.48 bits per heavy atom. The molecule has 3 aromatic rings. The van der Waals surface area contributed by atoms with Crippen molar-refractivity contribution in [1.82, 2.24) is 0 Å². The molecule has 0 aliphatic heterocycles. The molecule has 0 aliphatic rings. The lowest BCUT2D eigenvalue weighted by molar-refractivity contribution is -0.112. The molecule has 0 atom stereocenters. The molecule has 8 heteroatoms. The zero-order valence-electron chi connectivity index (χ0n) is 15.8. The third-order valence-electron chi connectivity index (χ3n) is 4.05. The highest BCUT2D eigenvalue weighted by molar-refractivity contribution is 14.1. The summed E-state index contributed by atoms with van der Waals surface area (Å²) in [6.07, 6.45) is 1.51. The van der Waals surface area contributed by atoms with Gasteiger partial charge < -0.3 is 10.1 Å². The first-order valence-corrected chi connectivity index (χ1v) is 11.4. The van der Waals surface area contributed by atoms with Gasteiger partial charge in [0, 0.05) is 10.7 Å². The molecule has 0 saturated carbocycles. The van der Waals surface area contributed by atoms with Gasteiger partial charge in [0.15, 0.2) is 0 Å². The molecule has 31 heavy (non-hydrogen) atoms. The Bertz CT molecular complexity index is 1190. The topological polar surface area (TPSA) is 62.1 Å². The van der Waals surface area contributed by atoms with Crippen molar-refractivity contribution in [2.45, 2.75) is 6.61 Å². The molecule has 4 nitrogen and oxygen atoms in total. The van der Waals surface area contributed by atoms with Crippen molar-refractivity contribution >= 4 is 74.5 Å². The van der Waals surface area contributed by atoms with E-state index in [9.17, 15) is 14.4 Å². The van der Waals surface area contributed by atoms with E-state index in [0.29, 0.717) is 22.0 Å². The summed E-state index contributed by atoms with van der Waals surface area (Å²) >= 11 is 10.2. The minimum absolute atomic E-state index is 0.0417. The number of ether oxygens (including phenoxy) is 1. The number of halogens is 4. The monoisotopic (exact) mass is 658 g/mol. The average Bonchev–Trinajstić information content (AvgIpc) is 2.71. The Morgan fingerprint density at radius 1 is 1.13 bits per heavy atom. The molecule has 0 saturated heterocycles. The first kappa shape index (κ1) is 23.5. The number of anilines is 1. The normalized spacial score (nSPS) is 11.0. The van der Waals surface area contributed by atoms with E-state index < -0.39 is 5.91 Å². The first-order valence-electron chi connectivity index (χ1n) is 8.90. The summed E-state index contributed by atoms with van der Waals surface area (Å²) in [4.78, 5) is 12.5. The number of benzene rings is 3. The Balaban J connectivity index is 1.77. The lowest BCUT2D eigenvalue weighted by Gasteiger charge is -2.12. The van der Waals surface area contributed by atoms with Gasteiger partial charge in [-0.3, -0.25) is 4.79 Å². The summed E-state index contributed by atoms with van der Waals surface area (Å²) in [6, 6.07) is 18.5. The van der Waals surface area contributed by atoms with Crippen LogP contribution in [0, 0.1) is 24.3 Å². The van der Waals surface area contributed by atoms with Crippen LogP contribution in [0.1, 0.15) is 11.1 Å². The molecule has 1 amide bonds. The summed E-state index contributed by atoms with van der Waals surface area (Å²) in [5, 5.41) is 12.6. The van der Waals surface area contributed by atoms with Crippen molar-refractivity contribution in [3.05, 3.63) is 95.3 Å². The van der Waals surface area contributed by atoms with Gasteiger partial charge in [-0.15, -0.1) is 0 Å². The average molecular weight is 659 g/mol. The standard InChI is InChI=1S/C23H14ClFI2N2O2/c24-17-4-2-6-19(11-17)29-23(30)16(12-28)7-15-9-20(26)22(21(27)10-15)31-13-14-3-1-5-18(25)8-14/h1-11H,13H2,(H,29,30)/b16-7+. The quantitative estimate of drug-likeness (QED) is 0.180. The summed E-state index contributed by atoms with van der Waals surface area (Å²) in [7, 11) is 0. The maximum Gasteiger partial charge on any atom is 0.266 e. The number of nitriles is 1. The third kappa shape index (κ3) is 6.66. The Kier molecular flexibility index (Phi) is 8.28. The lowest BCUT2D eigenvalue weighted by Crippen LogP contribution is -2.13. The van der Waals surface area contributed by atoms with E-state index in [1.54, 1.807) is 36.4 Å². The molecule has 3 aromatic carbocycles. The number of hydrogen-bond acceptors (Lipinski definition) is 3. The van der Waals surface area contributed by atoms with E-state index in [-0.39, 0.29) is 18.0 Å². The van der Waals surface area contributed by atoms with Crippen molar-refractivity contribution in [3.8, 4) is 11.8 Å². The highest BCUT2D eigenvalue weighted by atomic mass is 127. The van der Waals surface area contributed by atoms with E-state index in [1.165, 1.54) is 18.2 Å². The van der Waals surface area contributed by atoms with Crippen LogP contribution in [-0.4, -0.2) is 5.91 Å². The van der Waals surface area contributed by atoms with Crippen molar-refractivity contribution < 1.29 is 13.9 Å². The van der Waals surface area contributed by atoms with Crippen LogP contribution >= 0.6 is 56.8 Å². The predicted octanol–water partition coefficient (Wildman–Crippen LogP) is 6.81. The van der Waals surface area contributed by atoms with E-state index in [1.807, 2.05) is 18.2 Å². The van der Waals surface area contributed by atoms with E-state index in [0.717, 1.165) is 12.7 Å². The van der Waals surface area contributed by atoms with Crippen LogP contribution in [-0.2, 0) is 11.4 Å². The van der Waals surface area contributed by atoms with Gasteiger partial charge in [0.05, 0.1) is 7.14 Å². The van der Waals surface area contributed by atoms with Gasteiger partial charge in [-0.1, -0.05) is 29.8 Å². The maximum absolute atomic E-state index is 13.4. The van der Waals surface area contributed by atoms with Crippen molar-refractivity contribution in [1.29, 1.82) is 5.26 Å². The molecule has 0 bridgehead atoms. The van der Waals surface area contributed by atoms with Gasteiger partial charge >= 0.3 is 0 Å². The first-order chi connectivity index (χ1) is 14.9. The molecule has 0 radical (unpaired) electrons. The second-order valence-electron chi connectivity index (χ2n) is 6.37. The fraction of sp³-hybridized carbons (Fsp3) is 0.0435. The van der Waals surface area contributed by atoms with Crippen LogP contribution in [0.3, 0.4) is 0 Å². The third-order valence-corrected chi connectivity index (χ3v) is 5.89. The molecule has 0 aromatic heterocycles. The smallest absolute Gasteiger partial charge is 0.266 e. The summed E-state index contributed by atoms with van der Waals surface area (Å²) < 4.78 is 20.8. The van der Waals surface area contributed by atoms with Crippen molar-refractivity contribution in [3.63, 3.8) is 0 Å². The van der Waals surface area contributed by atoms with Crippen LogP contribution in [0.15, 0.2) is 66.2 Å². The van der Waals surface area contributed by atoms with Crippen LogP contribution in [0.25, 0.3) is 6.08 Å². The summed E-state index contributed by atoms with van der Waals surface area (Å²) in [6.45, 7) is 0.227. The second kappa shape index (κ2) is 10.9. The van der Waals surface area contributed by atoms with Crippen LogP contribution in [0.4, 0.5) is 10.1 Å². The number of rotatable bonds is 6. The van der Waals surface area contributed by atoms with E-state index in [4.69, 9.17) is 16.3 Å². The SMILES string of the molecule is N#C/C(=C\c1cc(I)c(OCc2cccc(F)c2)c(I)c1)C(=O)Nc1cccc(Cl)c1. The largest absolute Gasteiger partial charge is 0.487 e. The number of nitrogens with zero attached hydrogens (tertiary/aromatic N) is 1. The molecular weight excluding hydrogens is 645 g/mol. The molecule has 0 heterocycles. The van der Waals surface area contributed by atoms with Gasteiger partial charge in [0.2, 0.25) is 0 Å². The minimum Gasteiger partial charge on any atom is -0.487 e. The number of carbonyl (C=O) groups excluding carboxylic acids is 1. The molecule has 1 N–H and O–H groups in total. The molecule has 0 unspecified atom stereocenters. The number of nitrogens with one attached hydrogen (secondary N) is 1. The zero-order chi connectivity index (χ0) is 22.4. The fourth-order valence-corrected chi connectivity index (χ4v) is 4.98. The Hall–Kier alpha value is -2.16. The van der Waals surface area contributed by atoms with E-state index in [2.05, 4.69) is 50.5 Å². The Labute approximate surface area is 211 Å². The fourth-order valence-electron chi connectivity index (χ4n) is 2.66.